The molecule has 0 aliphatic carbocycles. The van der Waals surface area contributed by atoms with E-state index < -0.39 is 6.10 Å². The minimum absolute atomic E-state index is 0.295. The predicted octanol–water partition coefficient (Wildman–Crippen LogP) is 6.34. The summed E-state index contributed by atoms with van der Waals surface area (Å²) >= 11 is 0. The number of unbranched alkanes of at least 4 members (excludes halogenated alkanes) is 8. The van der Waals surface area contributed by atoms with E-state index in [1.807, 2.05) is 12.2 Å². The molecule has 0 saturated carbocycles. The lowest BCUT2D eigenvalue weighted by atomic mass is 10.1. The van der Waals surface area contributed by atoms with Gasteiger partial charge in [-0.1, -0.05) is 70.9 Å². The zero-order chi connectivity index (χ0) is 17.9. The Balaban J connectivity index is 3.47. The highest BCUT2D eigenvalue weighted by Crippen LogP contribution is 2.09. The largest absolute Gasteiger partial charge is 0.487 e. The molecule has 0 fully saturated rings. The molecule has 0 amide bonds. The molecule has 0 aromatic heterocycles. The SMILES string of the molecule is CCC=CCCOC(=O)C(C)OC=CCCCCCCCCCC. The van der Waals surface area contributed by atoms with E-state index in [1.165, 1.54) is 51.4 Å². The van der Waals surface area contributed by atoms with Gasteiger partial charge in [-0.05, 0) is 38.7 Å². The Morgan fingerprint density at radius 3 is 2.21 bits per heavy atom. The molecule has 0 bridgehead atoms. The second-order valence-electron chi connectivity index (χ2n) is 6.25. The first kappa shape index (κ1) is 22.8. The van der Waals surface area contributed by atoms with Crippen LogP contribution in [0.25, 0.3) is 0 Å². The Kier molecular flexibility index (Phi) is 17.2. The number of ether oxygens (including phenoxy) is 2. The van der Waals surface area contributed by atoms with Gasteiger partial charge in [0.2, 0.25) is 0 Å². The third-order valence-electron chi connectivity index (χ3n) is 3.87. The molecule has 0 spiro atoms. The maximum Gasteiger partial charge on any atom is 0.347 e. The van der Waals surface area contributed by atoms with E-state index in [9.17, 15) is 4.79 Å². The fourth-order valence-electron chi connectivity index (χ4n) is 2.32. The van der Waals surface area contributed by atoms with Gasteiger partial charge in [-0.25, -0.2) is 4.79 Å². The molecule has 24 heavy (non-hydrogen) atoms. The number of hydrogen-bond acceptors (Lipinski definition) is 3. The van der Waals surface area contributed by atoms with Crippen LogP contribution in [0.4, 0.5) is 0 Å². The van der Waals surface area contributed by atoms with E-state index in [-0.39, 0.29) is 5.97 Å². The zero-order valence-electron chi connectivity index (χ0n) is 16.1. The number of hydrogen-bond donors (Lipinski definition) is 0. The summed E-state index contributed by atoms with van der Waals surface area (Å²) in [6, 6.07) is 0. The lowest BCUT2D eigenvalue weighted by molar-refractivity contribution is -0.152. The molecule has 1 atom stereocenters. The first-order valence-corrected chi connectivity index (χ1v) is 9.84. The van der Waals surface area contributed by atoms with Gasteiger partial charge in [-0.3, -0.25) is 0 Å². The first-order valence-electron chi connectivity index (χ1n) is 9.84. The molecule has 140 valence electrons. The summed E-state index contributed by atoms with van der Waals surface area (Å²) in [5.74, 6) is -0.295. The predicted molar refractivity (Wildman–Crippen MR) is 102 cm³/mol. The fraction of sp³-hybridized carbons (Fsp3) is 0.762. The molecule has 0 radical (unpaired) electrons. The Hall–Kier alpha value is -1.25. The molecule has 0 saturated heterocycles. The van der Waals surface area contributed by atoms with E-state index in [0.717, 1.165) is 19.3 Å². The Bertz CT molecular complexity index is 334. The summed E-state index contributed by atoms with van der Waals surface area (Å²) in [6.07, 6.45) is 20.6. The van der Waals surface area contributed by atoms with E-state index in [0.29, 0.717) is 6.61 Å². The molecule has 0 aliphatic heterocycles. The van der Waals surface area contributed by atoms with Gasteiger partial charge in [0.15, 0.2) is 6.10 Å². The van der Waals surface area contributed by atoms with Crippen LogP contribution in [0.5, 0.6) is 0 Å². The van der Waals surface area contributed by atoms with Crippen molar-refractivity contribution in [2.45, 2.75) is 97.5 Å². The zero-order valence-corrected chi connectivity index (χ0v) is 16.1. The summed E-state index contributed by atoms with van der Waals surface area (Å²) in [5, 5.41) is 0. The molecular weight excluding hydrogens is 300 g/mol. The summed E-state index contributed by atoms with van der Waals surface area (Å²) in [4.78, 5) is 11.7. The van der Waals surface area contributed by atoms with Gasteiger partial charge in [0.25, 0.3) is 0 Å². The molecule has 0 heterocycles. The van der Waals surface area contributed by atoms with Gasteiger partial charge in [0.05, 0.1) is 12.9 Å². The van der Waals surface area contributed by atoms with Crippen molar-refractivity contribution in [3.05, 3.63) is 24.5 Å². The summed E-state index contributed by atoms with van der Waals surface area (Å²) in [6.45, 7) is 6.48. The molecule has 0 aromatic carbocycles. The van der Waals surface area contributed by atoms with Crippen LogP contribution >= 0.6 is 0 Å². The van der Waals surface area contributed by atoms with Crippen LogP contribution in [-0.2, 0) is 14.3 Å². The van der Waals surface area contributed by atoms with Crippen molar-refractivity contribution >= 4 is 5.97 Å². The van der Waals surface area contributed by atoms with Gasteiger partial charge < -0.3 is 9.47 Å². The maximum atomic E-state index is 11.7. The standard InChI is InChI=1S/C21H38O3/c1-4-6-8-10-11-12-13-14-15-17-18-23-20(3)21(22)24-19-16-9-7-5-2/h7,9,17-18,20H,4-6,8,10-16,19H2,1-3H3. The molecular formula is C21H38O3. The molecule has 1 unspecified atom stereocenters. The Labute approximate surface area is 149 Å². The molecule has 0 aromatic rings. The van der Waals surface area contributed by atoms with Gasteiger partial charge in [0, 0.05) is 0 Å². The number of esters is 1. The summed E-state index contributed by atoms with van der Waals surface area (Å²) in [7, 11) is 0. The number of allylic oxidation sites excluding steroid dienone is 2. The highest BCUT2D eigenvalue weighted by molar-refractivity contribution is 5.74. The molecule has 0 rings (SSSR count). The Morgan fingerprint density at radius 1 is 0.875 bits per heavy atom. The molecule has 3 heteroatoms. The van der Waals surface area contributed by atoms with Crippen molar-refractivity contribution in [1.82, 2.24) is 0 Å². The van der Waals surface area contributed by atoms with Crippen molar-refractivity contribution in [3.8, 4) is 0 Å². The van der Waals surface area contributed by atoms with Crippen molar-refractivity contribution in [3.63, 3.8) is 0 Å². The van der Waals surface area contributed by atoms with Crippen LogP contribution in [-0.4, -0.2) is 18.7 Å². The minimum atomic E-state index is -0.532. The van der Waals surface area contributed by atoms with Crippen molar-refractivity contribution < 1.29 is 14.3 Å². The van der Waals surface area contributed by atoms with E-state index in [2.05, 4.69) is 19.9 Å². The molecule has 0 N–H and O–H groups in total. The molecule has 3 nitrogen and oxygen atoms in total. The lowest BCUT2D eigenvalue weighted by Gasteiger charge is -2.10. The van der Waals surface area contributed by atoms with Gasteiger partial charge in [-0.2, -0.15) is 0 Å². The summed E-state index contributed by atoms with van der Waals surface area (Å²) in [5.41, 5.74) is 0. The second-order valence-corrected chi connectivity index (χ2v) is 6.25. The third-order valence-corrected chi connectivity index (χ3v) is 3.87. The first-order chi connectivity index (χ1) is 11.7. The van der Waals surface area contributed by atoms with Crippen molar-refractivity contribution in [2.24, 2.45) is 0 Å². The van der Waals surface area contributed by atoms with Crippen LogP contribution in [0.3, 0.4) is 0 Å². The Morgan fingerprint density at radius 2 is 1.54 bits per heavy atom. The van der Waals surface area contributed by atoms with Crippen molar-refractivity contribution in [2.75, 3.05) is 6.61 Å². The highest BCUT2D eigenvalue weighted by Gasteiger charge is 2.13. The van der Waals surface area contributed by atoms with Gasteiger partial charge in [0.1, 0.15) is 0 Å². The monoisotopic (exact) mass is 338 g/mol. The van der Waals surface area contributed by atoms with Crippen LogP contribution in [0.2, 0.25) is 0 Å². The molecule has 0 aliphatic rings. The van der Waals surface area contributed by atoms with Gasteiger partial charge >= 0.3 is 5.97 Å². The lowest BCUT2D eigenvalue weighted by Crippen LogP contribution is -2.21. The average molecular weight is 339 g/mol. The topological polar surface area (TPSA) is 35.5 Å². The van der Waals surface area contributed by atoms with E-state index in [1.54, 1.807) is 13.2 Å². The average Bonchev–Trinajstić information content (AvgIpc) is 2.59. The second kappa shape index (κ2) is 18.1. The highest BCUT2D eigenvalue weighted by atomic mass is 16.6. The quantitative estimate of drug-likeness (QED) is 0.143. The summed E-state index contributed by atoms with van der Waals surface area (Å²) < 4.78 is 10.5. The van der Waals surface area contributed by atoms with Crippen LogP contribution in [0.1, 0.15) is 91.4 Å². The number of rotatable bonds is 16. The van der Waals surface area contributed by atoms with Crippen molar-refractivity contribution in [1.29, 1.82) is 0 Å². The van der Waals surface area contributed by atoms with E-state index in [4.69, 9.17) is 9.47 Å². The normalized spacial score (nSPS) is 12.8. The van der Waals surface area contributed by atoms with Crippen LogP contribution in [0, 0.1) is 0 Å². The minimum Gasteiger partial charge on any atom is -0.487 e. The van der Waals surface area contributed by atoms with Crippen LogP contribution in [0.15, 0.2) is 24.5 Å². The smallest absolute Gasteiger partial charge is 0.347 e. The van der Waals surface area contributed by atoms with Gasteiger partial charge in [-0.15, -0.1) is 0 Å². The fourth-order valence-corrected chi connectivity index (χ4v) is 2.32. The van der Waals surface area contributed by atoms with Crippen LogP contribution < -0.4 is 0 Å². The number of carbonyl (C=O) groups is 1. The van der Waals surface area contributed by atoms with E-state index >= 15 is 0 Å². The number of carbonyl (C=O) groups excluding carboxylic acids is 1. The maximum absolute atomic E-state index is 11.7. The third kappa shape index (κ3) is 15.6.